The molecule has 21 heteroatoms. The molecule has 1 spiro atoms. The highest BCUT2D eigenvalue weighted by molar-refractivity contribution is 6.33. The van der Waals surface area contributed by atoms with Crippen LogP contribution in [0.15, 0.2) is 53.6 Å². The first-order chi connectivity index (χ1) is 29.5. The third-order valence-electron chi connectivity index (χ3n) is 12.1. The topological polar surface area (TPSA) is 190 Å². The van der Waals surface area contributed by atoms with Gasteiger partial charge in [-0.05, 0) is 69.2 Å². The lowest BCUT2D eigenvalue weighted by molar-refractivity contribution is -0.169. The molecule has 4 aliphatic heterocycles. The summed E-state index contributed by atoms with van der Waals surface area (Å²) in [5.41, 5.74) is -0.996. The summed E-state index contributed by atoms with van der Waals surface area (Å²) in [6.07, 6.45) is -3.08. The Morgan fingerprint density at radius 3 is 2.32 bits per heavy atom. The number of nitrogens with one attached hydrogen (secondary N) is 1. The fourth-order valence-electron chi connectivity index (χ4n) is 8.54. The number of halogens is 4. The number of alkyl halides is 3. The molecular formula is C41H40ClF3N10O7. The molecule has 0 aliphatic carbocycles. The fraction of sp³-hybridized carbons (Fsp3) is 0.415. The van der Waals surface area contributed by atoms with Crippen molar-refractivity contribution in [2.24, 2.45) is 5.41 Å². The summed E-state index contributed by atoms with van der Waals surface area (Å²) in [5.74, 6) is -1.18. The van der Waals surface area contributed by atoms with Crippen LogP contribution >= 0.6 is 11.6 Å². The molecule has 3 amide bonds. The van der Waals surface area contributed by atoms with Gasteiger partial charge in [-0.25, -0.2) is 9.97 Å². The molecule has 3 saturated heterocycles. The van der Waals surface area contributed by atoms with Crippen LogP contribution in [0.3, 0.4) is 0 Å². The van der Waals surface area contributed by atoms with E-state index in [4.69, 9.17) is 26.1 Å². The zero-order valence-electron chi connectivity index (χ0n) is 33.5. The Balaban J connectivity index is 1.01. The van der Waals surface area contributed by atoms with Gasteiger partial charge in [-0.1, -0.05) is 11.6 Å². The molecular weight excluding hydrogens is 837 g/mol. The van der Waals surface area contributed by atoms with E-state index in [1.165, 1.54) is 15.8 Å². The Bertz CT molecular complexity index is 2690. The first-order valence-electron chi connectivity index (χ1n) is 19.9. The molecule has 5 aromatic rings. The van der Waals surface area contributed by atoms with Gasteiger partial charge >= 0.3 is 6.18 Å². The number of piperidine rings is 1. The van der Waals surface area contributed by atoms with Crippen LogP contribution in [0.4, 0.5) is 24.5 Å². The number of ether oxygens (including phenoxy) is 2. The zero-order chi connectivity index (χ0) is 43.7. The first-order valence-corrected chi connectivity index (χ1v) is 20.3. The van der Waals surface area contributed by atoms with Gasteiger partial charge in [-0.15, -0.1) is 5.10 Å². The molecule has 17 nitrogen and oxygen atoms in total. The number of rotatable bonds is 7. The largest absolute Gasteiger partial charge is 0.504 e. The lowest BCUT2D eigenvalue weighted by atomic mass is 9.85. The Morgan fingerprint density at radius 1 is 0.968 bits per heavy atom. The second-order valence-electron chi connectivity index (χ2n) is 16.2. The van der Waals surface area contributed by atoms with E-state index in [0.29, 0.717) is 50.7 Å². The highest BCUT2D eigenvalue weighted by atomic mass is 35.5. The summed E-state index contributed by atoms with van der Waals surface area (Å²) in [7, 11) is 0. The fourth-order valence-corrected chi connectivity index (χ4v) is 8.77. The maximum absolute atomic E-state index is 14.5. The van der Waals surface area contributed by atoms with E-state index < -0.39 is 46.7 Å². The molecule has 4 aliphatic rings. The van der Waals surface area contributed by atoms with Crippen molar-refractivity contribution in [2.75, 3.05) is 62.7 Å². The molecule has 0 radical (unpaired) electrons. The van der Waals surface area contributed by atoms with Gasteiger partial charge in [0.15, 0.2) is 17.3 Å². The van der Waals surface area contributed by atoms with Gasteiger partial charge in [0, 0.05) is 50.5 Å². The summed E-state index contributed by atoms with van der Waals surface area (Å²) >= 11 is 6.17. The molecule has 9 rings (SSSR count). The third-order valence-corrected chi connectivity index (χ3v) is 12.5. The highest BCUT2D eigenvalue weighted by Crippen LogP contribution is 2.43. The van der Waals surface area contributed by atoms with Gasteiger partial charge in [-0.3, -0.25) is 19.2 Å². The van der Waals surface area contributed by atoms with E-state index in [1.807, 2.05) is 36.1 Å². The van der Waals surface area contributed by atoms with Crippen molar-refractivity contribution in [3.05, 3.63) is 92.4 Å². The van der Waals surface area contributed by atoms with Crippen molar-refractivity contribution in [1.82, 2.24) is 38.9 Å². The summed E-state index contributed by atoms with van der Waals surface area (Å²) in [6.45, 7) is 6.49. The smallest absolute Gasteiger partial charge is 0.416 e. The number of hydrogen-bond donors (Lipinski definition) is 2. The van der Waals surface area contributed by atoms with Crippen LogP contribution in [0, 0.1) is 12.3 Å². The minimum absolute atomic E-state index is 0.0238. The van der Waals surface area contributed by atoms with Gasteiger partial charge in [0.1, 0.15) is 18.5 Å². The molecule has 7 heterocycles. The van der Waals surface area contributed by atoms with Gasteiger partial charge in [0.25, 0.3) is 11.5 Å². The third kappa shape index (κ3) is 7.18. The number of nitrogens with zero attached hydrogens (tertiary/aromatic N) is 9. The number of likely N-dealkylation sites (tertiary alicyclic amines) is 1. The van der Waals surface area contributed by atoms with Crippen molar-refractivity contribution >= 4 is 46.5 Å². The lowest BCUT2D eigenvalue weighted by Crippen LogP contribution is -2.58. The average molecular weight is 877 g/mol. The first kappa shape index (κ1) is 41.2. The van der Waals surface area contributed by atoms with Crippen LogP contribution in [-0.4, -0.2) is 114 Å². The monoisotopic (exact) mass is 876 g/mol. The number of benzene rings is 2. The number of amides is 3. The Hall–Kier alpha value is -6.12. The molecule has 2 N–H and O–H groups in total. The van der Waals surface area contributed by atoms with E-state index in [-0.39, 0.29) is 83.5 Å². The number of aromatic nitrogens is 6. The number of fused-ring (bicyclic) bond motifs is 3. The number of carbonyl (C=O) groups is 3. The van der Waals surface area contributed by atoms with Crippen molar-refractivity contribution in [3.8, 4) is 17.1 Å². The molecule has 3 fully saturated rings. The van der Waals surface area contributed by atoms with Crippen molar-refractivity contribution in [1.29, 1.82) is 0 Å². The van der Waals surface area contributed by atoms with Crippen molar-refractivity contribution in [3.63, 3.8) is 0 Å². The maximum Gasteiger partial charge on any atom is 0.416 e. The second kappa shape index (κ2) is 15.3. The van der Waals surface area contributed by atoms with Crippen molar-refractivity contribution in [2.45, 2.75) is 51.6 Å². The quantitative estimate of drug-likeness (QED) is 0.239. The summed E-state index contributed by atoms with van der Waals surface area (Å²) in [4.78, 5) is 72.9. The minimum atomic E-state index is -4.64. The number of hydrogen-bond acceptors (Lipinski definition) is 12. The van der Waals surface area contributed by atoms with Crippen LogP contribution < -0.4 is 15.8 Å². The average Bonchev–Trinajstić information content (AvgIpc) is 3.86. The summed E-state index contributed by atoms with van der Waals surface area (Å²) in [5, 5.41) is 17.4. The summed E-state index contributed by atoms with van der Waals surface area (Å²) < 4.78 is 54.3. The predicted molar refractivity (Wildman–Crippen MR) is 216 cm³/mol. The molecule has 2 aromatic carbocycles. The minimum Gasteiger partial charge on any atom is -0.504 e. The van der Waals surface area contributed by atoms with Crippen LogP contribution in [0.5, 0.6) is 5.75 Å². The van der Waals surface area contributed by atoms with E-state index in [0.717, 1.165) is 28.4 Å². The maximum atomic E-state index is 14.5. The highest BCUT2D eigenvalue weighted by Gasteiger charge is 2.48. The van der Waals surface area contributed by atoms with Crippen molar-refractivity contribution < 1.29 is 42.1 Å². The number of aryl methyl sites for hydroxylation is 1. The zero-order valence-corrected chi connectivity index (χ0v) is 34.3. The van der Waals surface area contributed by atoms with E-state index in [9.17, 15) is 37.5 Å². The Labute approximate surface area is 356 Å². The molecule has 0 bridgehead atoms. The molecule has 3 aromatic heterocycles. The Morgan fingerprint density at radius 2 is 1.68 bits per heavy atom. The number of aromatic hydroxyl groups is 1. The van der Waals surface area contributed by atoms with Crippen LogP contribution in [0.2, 0.25) is 5.02 Å². The number of carbonyl (C=O) groups excluding carboxylic acids is 3. The SMILES string of the molecule is Cc1ncnc(C(=O)N2CCC3(CC2)OCc2c3c(=O)n3nc(-c4ccc(N5CCN(C(=O)C6(C)COC6)CC5)cc4)nc3n2CC(=O)Nc2ccc(C(F)(F)F)cc2Cl)c1O. The van der Waals surface area contributed by atoms with E-state index in [2.05, 4.69) is 25.3 Å². The molecule has 0 atom stereocenters. The van der Waals surface area contributed by atoms with Gasteiger partial charge in [0.05, 0.1) is 58.5 Å². The summed E-state index contributed by atoms with van der Waals surface area (Å²) in [6, 6.07) is 10.1. The van der Waals surface area contributed by atoms with E-state index in [1.54, 1.807) is 6.92 Å². The lowest BCUT2D eigenvalue weighted by Gasteiger charge is -2.43. The van der Waals surface area contributed by atoms with Gasteiger partial charge in [-0.2, -0.15) is 22.7 Å². The van der Waals surface area contributed by atoms with Gasteiger partial charge < -0.3 is 39.2 Å². The van der Waals surface area contributed by atoms with Gasteiger partial charge in [0.2, 0.25) is 17.6 Å². The van der Waals surface area contributed by atoms with Crippen LogP contribution in [0.1, 0.15) is 52.8 Å². The van der Waals surface area contributed by atoms with Crippen LogP contribution in [-0.2, 0) is 44.0 Å². The molecule has 324 valence electrons. The van der Waals surface area contributed by atoms with Crippen LogP contribution in [0.25, 0.3) is 17.2 Å². The standard InChI is InChI=1S/C41H40ClF3N10O7/c1-23-33(57)32(47-22-46-23)36(59)52-11-9-40(10-12-52)31-29(19-62-40)54(18-30(56)48-28-8-5-25(17-27(28)42)41(43,44)45)38-49-34(50-55(38)35(31)58)24-3-6-26(7-4-24)51-13-15-53(16-14-51)37(60)39(2)20-61-21-39/h3-8,17,22,57H,9-16,18-21H2,1-2H3,(H,48,56). The van der Waals surface area contributed by atoms with E-state index >= 15 is 0 Å². The molecule has 0 saturated carbocycles. The second-order valence-corrected chi connectivity index (χ2v) is 16.6. The normalized spacial score (nSPS) is 18.2. The molecule has 62 heavy (non-hydrogen) atoms. The Kier molecular flexibility index (Phi) is 10.2. The number of piperazine rings is 1. The number of anilines is 2. The predicted octanol–water partition coefficient (Wildman–Crippen LogP) is 4.02. The molecule has 0 unspecified atom stereocenters.